The molecule has 1 heterocycles. The van der Waals surface area contributed by atoms with E-state index in [9.17, 15) is 14.7 Å². The van der Waals surface area contributed by atoms with Gasteiger partial charge in [0.15, 0.2) is 11.4 Å². The van der Waals surface area contributed by atoms with Gasteiger partial charge < -0.3 is 10.0 Å². The number of anilines is 1. The summed E-state index contributed by atoms with van der Waals surface area (Å²) in [4.78, 5) is 27.9. The zero-order valence-corrected chi connectivity index (χ0v) is 17.6. The number of Topliss-reactive ketones (excluding diaryl/α,β-unsaturated/α-hetero) is 1. The predicted molar refractivity (Wildman–Crippen MR) is 118 cm³/mol. The first-order valence-corrected chi connectivity index (χ1v) is 10.2. The van der Waals surface area contributed by atoms with Crippen molar-refractivity contribution in [2.45, 2.75) is 32.4 Å². The van der Waals surface area contributed by atoms with Gasteiger partial charge in [0.05, 0.1) is 18.7 Å². The van der Waals surface area contributed by atoms with Crippen LogP contribution < -0.4 is 4.90 Å². The lowest BCUT2D eigenvalue weighted by atomic mass is 9.87. The van der Waals surface area contributed by atoms with Gasteiger partial charge >= 0.3 is 0 Å². The molecule has 1 atom stereocenters. The number of carbonyl (C=O) groups is 2. The van der Waals surface area contributed by atoms with E-state index in [-0.39, 0.29) is 18.7 Å². The quantitative estimate of drug-likeness (QED) is 0.594. The van der Waals surface area contributed by atoms with E-state index in [0.29, 0.717) is 21.8 Å². The van der Waals surface area contributed by atoms with Crippen molar-refractivity contribution in [3.8, 4) is 0 Å². The highest BCUT2D eigenvalue weighted by molar-refractivity contribution is 6.30. The van der Waals surface area contributed by atoms with Crippen molar-refractivity contribution in [1.29, 1.82) is 0 Å². The fourth-order valence-corrected chi connectivity index (χ4v) is 4.32. The van der Waals surface area contributed by atoms with Crippen molar-refractivity contribution in [3.05, 3.63) is 99.6 Å². The molecule has 1 amide bonds. The Morgan fingerprint density at radius 1 is 1.03 bits per heavy atom. The number of ketones is 1. The first-order chi connectivity index (χ1) is 14.3. The zero-order chi connectivity index (χ0) is 21.5. The molecule has 0 saturated carbocycles. The summed E-state index contributed by atoms with van der Waals surface area (Å²) in [5.74, 6) is -0.760. The Morgan fingerprint density at radius 2 is 1.80 bits per heavy atom. The molecular weight excluding hydrogens is 398 g/mol. The van der Waals surface area contributed by atoms with Crippen LogP contribution in [0.15, 0.2) is 66.7 Å². The van der Waals surface area contributed by atoms with Crippen LogP contribution in [0, 0.1) is 13.8 Å². The second-order valence-corrected chi connectivity index (χ2v) is 8.25. The number of hydrogen-bond acceptors (Lipinski definition) is 3. The van der Waals surface area contributed by atoms with Gasteiger partial charge in [-0.15, -0.1) is 0 Å². The van der Waals surface area contributed by atoms with E-state index < -0.39 is 11.5 Å². The van der Waals surface area contributed by atoms with Gasteiger partial charge in [-0.1, -0.05) is 65.7 Å². The highest BCUT2D eigenvalue weighted by Crippen LogP contribution is 2.43. The Labute approximate surface area is 180 Å². The van der Waals surface area contributed by atoms with Crippen LogP contribution in [0.25, 0.3) is 0 Å². The van der Waals surface area contributed by atoms with Gasteiger partial charge in [0.1, 0.15) is 0 Å². The summed E-state index contributed by atoms with van der Waals surface area (Å²) < 4.78 is 0. The number of hydrogen-bond donors (Lipinski definition) is 1. The highest BCUT2D eigenvalue weighted by Gasteiger charge is 2.50. The van der Waals surface area contributed by atoms with Gasteiger partial charge in [0.2, 0.25) is 0 Å². The molecular formula is C25H22ClNO3. The molecule has 0 bridgehead atoms. The van der Waals surface area contributed by atoms with Crippen molar-refractivity contribution in [2.24, 2.45) is 0 Å². The van der Waals surface area contributed by atoms with Crippen molar-refractivity contribution < 1.29 is 14.7 Å². The van der Waals surface area contributed by atoms with Crippen molar-refractivity contribution >= 4 is 29.0 Å². The Balaban J connectivity index is 1.69. The van der Waals surface area contributed by atoms with Gasteiger partial charge in [0, 0.05) is 16.1 Å². The average molecular weight is 420 g/mol. The summed E-state index contributed by atoms with van der Waals surface area (Å²) in [5.41, 5.74) is 2.41. The van der Waals surface area contributed by atoms with Crippen LogP contribution in [0.1, 0.15) is 39.0 Å². The number of nitrogens with zero attached hydrogens (tertiary/aromatic N) is 1. The van der Waals surface area contributed by atoms with Crippen LogP contribution >= 0.6 is 11.6 Å². The Kier molecular flexibility index (Phi) is 5.22. The van der Waals surface area contributed by atoms with E-state index in [0.717, 1.165) is 16.7 Å². The molecule has 1 aliphatic heterocycles. The minimum atomic E-state index is -1.90. The molecule has 0 fully saturated rings. The normalized spacial score (nSPS) is 17.9. The zero-order valence-electron chi connectivity index (χ0n) is 16.9. The minimum absolute atomic E-state index is 0.260. The number of fused-ring (bicyclic) bond motifs is 1. The third-order valence-corrected chi connectivity index (χ3v) is 5.80. The average Bonchev–Trinajstić information content (AvgIpc) is 2.90. The van der Waals surface area contributed by atoms with E-state index in [4.69, 9.17) is 11.6 Å². The highest BCUT2D eigenvalue weighted by atomic mass is 35.5. The SMILES string of the molecule is Cc1ccc(C(=O)C[C@]2(O)C(=O)N(Cc3cccc(Cl)c3)c3ccccc32)c(C)c1. The number of para-hydroxylation sites is 1. The van der Waals surface area contributed by atoms with E-state index in [1.807, 2.05) is 44.2 Å². The molecule has 0 aromatic heterocycles. The molecule has 3 aromatic rings. The smallest absolute Gasteiger partial charge is 0.264 e. The minimum Gasteiger partial charge on any atom is -0.375 e. The number of carbonyl (C=O) groups excluding carboxylic acids is 2. The predicted octanol–water partition coefficient (Wildman–Crippen LogP) is 4.96. The fourth-order valence-electron chi connectivity index (χ4n) is 4.11. The molecule has 0 aliphatic carbocycles. The Morgan fingerprint density at radius 3 is 2.53 bits per heavy atom. The lowest BCUT2D eigenvalue weighted by molar-refractivity contribution is -0.136. The van der Waals surface area contributed by atoms with Crippen LogP contribution in [0.4, 0.5) is 5.69 Å². The summed E-state index contributed by atoms with van der Waals surface area (Å²) in [7, 11) is 0. The molecule has 0 unspecified atom stereocenters. The second kappa shape index (κ2) is 7.71. The molecule has 3 aromatic carbocycles. The Bertz CT molecular complexity index is 1160. The van der Waals surface area contributed by atoms with E-state index in [2.05, 4.69) is 0 Å². The van der Waals surface area contributed by atoms with Crippen LogP contribution in [0.5, 0.6) is 0 Å². The number of aryl methyl sites for hydroxylation is 2. The molecule has 152 valence electrons. The standard InChI is InChI=1S/C25H22ClNO3/c1-16-10-11-20(17(2)12-16)23(28)14-25(30)21-8-3-4-9-22(21)27(24(25)29)15-18-6-5-7-19(26)13-18/h3-13,30H,14-15H2,1-2H3/t25-/m1/s1. The number of amides is 1. The van der Waals surface area contributed by atoms with Crippen LogP contribution in [-0.2, 0) is 16.9 Å². The third-order valence-electron chi connectivity index (χ3n) is 5.57. The lowest BCUT2D eigenvalue weighted by Gasteiger charge is -2.23. The van der Waals surface area contributed by atoms with Crippen molar-refractivity contribution in [3.63, 3.8) is 0 Å². The molecule has 5 heteroatoms. The Hall–Kier alpha value is -2.95. The van der Waals surface area contributed by atoms with E-state index in [1.165, 1.54) is 4.90 Å². The molecule has 0 radical (unpaired) electrons. The van der Waals surface area contributed by atoms with Crippen LogP contribution in [0.3, 0.4) is 0 Å². The molecule has 1 aliphatic rings. The number of rotatable bonds is 5. The molecule has 4 rings (SSSR count). The third kappa shape index (κ3) is 3.53. The van der Waals surface area contributed by atoms with Crippen LogP contribution in [0.2, 0.25) is 5.02 Å². The summed E-state index contributed by atoms with van der Waals surface area (Å²) in [5, 5.41) is 12.0. The first kappa shape index (κ1) is 20.3. The molecule has 0 spiro atoms. The molecule has 1 N–H and O–H groups in total. The monoisotopic (exact) mass is 419 g/mol. The largest absolute Gasteiger partial charge is 0.375 e. The molecule has 30 heavy (non-hydrogen) atoms. The van der Waals surface area contributed by atoms with Gasteiger partial charge in [-0.3, -0.25) is 9.59 Å². The summed E-state index contributed by atoms with van der Waals surface area (Å²) in [6.45, 7) is 4.08. The van der Waals surface area contributed by atoms with Gasteiger partial charge in [-0.05, 0) is 43.2 Å². The van der Waals surface area contributed by atoms with Crippen molar-refractivity contribution in [2.75, 3.05) is 4.90 Å². The fraction of sp³-hybridized carbons (Fsp3) is 0.200. The topological polar surface area (TPSA) is 57.6 Å². The van der Waals surface area contributed by atoms with E-state index in [1.54, 1.807) is 36.4 Å². The lowest BCUT2D eigenvalue weighted by Crippen LogP contribution is -2.41. The summed E-state index contributed by atoms with van der Waals surface area (Å²) >= 11 is 6.09. The maximum absolute atomic E-state index is 13.4. The van der Waals surface area contributed by atoms with Gasteiger partial charge in [-0.25, -0.2) is 0 Å². The maximum atomic E-state index is 13.4. The maximum Gasteiger partial charge on any atom is 0.264 e. The van der Waals surface area contributed by atoms with Gasteiger partial charge in [-0.2, -0.15) is 0 Å². The first-order valence-electron chi connectivity index (χ1n) is 9.78. The number of benzene rings is 3. The molecule has 0 saturated heterocycles. The number of halogens is 1. The number of aliphatic hydroxyl groups is 1. The van der Waals surface area contributed by atoms with E-state index >= 15 is 0 Å². The van der Waals surface area contributed by atoms with Crippen molar-refractivity contribution in [1.82, 2.24) is 0 Å². The second-order valence-electron chi connectivity index (χ2n) is 7.82. The molecule has 4 nitrogen and oxygen atoms in total. The van der Waals surface area contributed by atoms with Crippen LogP contribution in [-0.4, -0.2) is 16.8 Å². The summed E-state index contributed by atoms with van der Waals surface area (Å²) in [6, 6.07) is 19.9. The summed E-state index contributed by atoms with van der Waals surface area (Å²) in [6.07, 6.45) is -0.307. The van der Waals surface area contributed by atoms with Gasteiger partial charge in [0.25, 0.3) is 5.91 Å².